The van der Waals surface area contributed by atoms with Gasteiger partial charge in [-0.15, -0.1) is 0 Å². The van der Waals surface area contributed by atoms with Gasteiger partial charge in [0.05, 0.1) is 0 Å². The van der Waals surface area contributed by atoms with Crippen LogP contribution in [0.3, 0.4) is 0 Å². The van der Waals surface area contributed by atoms with Gasteiger partial charge in [0, 0.05) is 24.3 Å². The molecule has 88 valence electrons. The first-order valence-electron chi connectivity index (χ1n) is 5.84. The van der Waals surface area contributed by atoms with Gasteiger partial charge in [-0.1, -0.05) is 37.7 Å². The Kier molecular flexibility index (Phi) is 5.26. The first-order valence-corrected chi connectivity index (χ1v) is 6.25. The van der Waals surface area contributed by atoms with Gasteiger partial charge in [-0.05, 0) is 25.5 Å². The van der Waals surface area contributed by atoms with Crippen LogP contribution < -0.4 is 10.6 Å². The molecule has 0 aliphatic heterocycles. The van der Waals surface area contributed by atoms with E-state index in [0.29, 0.717) is 4.99 Å². The van der Waals surface area contributed by atoms with Crippen molar-refractivity contribution in [1.82, 2.24) is 0 Å². The smallest absolute Gasteiger partial charge is 0.106 e. The van der Waals surface area contributed by atoms with Gasteiger partial charge in [0.25, 0.3) is 0 Å². The quantitative estimate of drug-likeness (QED) is 0.770. The summed E-state index contributed by atoms with van der Waals surface area (Å²) < 4.78 is 0. The van der Waals surface area contributed by atoms with Crippen molar-refractivity contribution >= 4 is 22.9 Å². The second-order valence-electron chi connectivity index (χ2n) is 3.81. The maximum absolute atomic E-state index is 5.74. The van der Waals surface area contributed by atoms with Gasteiger partial charge in [-0.3, -0.25) is 0 Å². The Hall–Kier alpha value is -1.09. The fraction of sp³-hybridized carbons (Fsp3) is 0.462. The van der Waals surface area contributed by atoms with Crippen LogP contribution in [0.2, 0.25) is 0 Å². The van der Waals surface area contributed by atoms with Crippen LogP contribution in [0.4, 0.5) is 5.69 Å². The monoisotopic (exact) mass is 236 g/mol. The molecule has 1 aromatic rings. The summed E-state index contributed by atoms with van der Waals surface area (Å²) in [4.78, 5) is 2.81. The van der Waals surface area contributed by atoms with Crippen LogP contribution in [-0.4, -0.2) is 18.1 Å². The molecule has 1 aromatic carbocycles. The minimum absolute atomic E-state index is 0.477. The Morgan fingerprint density at radius 3 is 2.56 bits per heavy atom. The lowest BCUT2D eigenvalue weighted by Gasteiger charge is -2.25. The van der Waals surface area contributed by atoms with E-state index in [1.807, 2.05) is 18.2 Å². The van der Waals surface area contributed by atoms with Crippen LogP contribution in [0.25, 0.3) is 0 Å². The number of nitrogens with zero attached hydrogens (tertiary/aromatic N) is 1. The number of hydrogen-bond donors (Lipinski definition) is 1. The summed E-state index contributed by atoms with van der Waals surface area (Å²) in [5.41, 5.74) is 7.88. The standard InChI is InChI=1S/C13H20N2S/c1-3-5-10-15(4-2)12-9-7-6-8-11(12)13(14)16/h6-9H,3-5,10H2,1-2H3,(H2,14,16). The van der Waals surface area contributed by atoms with Crippen molar-refractivity contribution in [2.45, 2.75) is 26.7 Å². The number of thiocarbonyl (C=S) groups is 1. The molecule has 0 heterocycles. The van der Waals surface area contributed by atoms with Crippen LogP contribution in [0.1, 0.15) is 32.3 Å². The molecule has 2 N–H and O–H groups in total. The van der Waals surface area contributed by atoms with E-state index in [9.17, 15) is 0 Å². The molecule has 0 aliphatic rings. The number of hydrogen-bond acceptors (Lipinski definition) is 2. The minimum Gasteiger partial charge on any atom is -0.389 e. The second-order valence-corrected chi connectivity index (χ2v) is 4.25. The van der Waals surface area contributed by atoms with Crippen LogP contribution in [0.5, 0.6) is 0 Å². The molecule has 0 bridgehead atoms. The maximum Gasteiger partial charge on any atom is 0.106 e. The van der Waals surface area contributed by atoms with E-state index in [2.05, 4.69) is 24.8 Å². The zero-order chi connectivity index (χ0) is 12.0. The van der Waals surface area contributed by atoms with Crippen molar-refractivity contribution < 1.29 is 0 Å². The van der Waals surface area contributed by atoms with Gasteiger partial charge in [-0.25, -0.2) is 0 Å². The van der Waals surface area contributed by atoms with Crippen molar-refractivity contribution in [2.75, 3.05) is 18.0 Å². The number of anilines is 1. The summed E-state index contributed by atoms with van der Waals surface area (Å²) in [6.07, 6.45) is 2.39. The molecule has 0 saturated heterocycles. The molecule has 2 nitrogen and oxygen atoms in total. The Labute approximate surface area is 103 Å². The van der Waals surface area contributed by atoms with Crippen molar-refractivity contribution in [3.8, 4) is 0 Å². The predicted octanol–water partition coefficient (Wildman–Crippen LogP) is 2.95. The Balaban J connectivity index is 2.94. The van der Waals surface area contributed by atoms with Crippen LogP contribution >= 0.6 is 12.2 Å². The number of para-hydroxylation sites is 1. The van der Waals surface area contributed by atoms with Crippen molar-refractivity contribution in [1.29, 1.82) is 0 Å². The third-order valence-electron chi connectivity index (χ3n) is 2.67. The number of benzene rings is 1. The zero-order valence-electron chi connectivity index (χ0n) is 10.1. The molecule has 0 unspecified atom stereocenters. The van der Waals surface area contributed by atoms with Crippen molar-refractivity contribution in [3.63, 3.8) is 0 Å². The molecule has 3 heteroatoms. The van der Waals surface area contributed by atoms with Crippen molar-refractivity contribution in [2.24, 2.45) is 5.73 Å². The molecule has 1 rings (SSSR count). The van der Waals surface area contributed by atoms with E-state index in [1.54, 1.807) is 0 Å². The van der Waals surface area contributed by atoms with E-state index in [-0.39, 0.29) is 0 Å². The van der Waals surface area contributed by atoms with E-state index in [4.69, 9.17) is 18.0 Å². The molecule has 0 radical (unpaired) electrons. The first kappa shape index (κ1) is 13.0. The van der Waals surface area contributed by atoms with Crippen LogP contribution in [0, 0.1) is 0 Å². The lowest BCUT2D eigenvalue weighted by atomic mass is 10.1. The zero-order valence-corrected chi connectivity index (χ0v) is 10.9. The average molecular weight is 236 g/mol. The SMILES string of the molecule is CCCCN(CC)c1ccccc1C(N)=S. The minimum atomic E-state index is 0.477. The van der Waals surface area contributed by atoms with Gasteiger partial charge in [0.15, 0.2) is 0 Å². The molecule has 0 amide bonds. The predicted molar refractivity (Wildman–Crippen MR) is 75.1 cm³/mol. The third-order valence-corrected chi connectivity index (χ3v) is 2.89. The highest BCUT2D eigenvalue weighted by Gasteiger charge is 2.09. The summed E-state index contributed by atoms with van der Waals surface area (Å²) in [6, 6.07) is 8.09. The topological polar surface area (TPSA) is 29.3 Å². The third kappa shape index (κ3) is 3.20. The highest BCUT2D eigenvalue weighted by molar-refractivity contribution is 7.80. The molecule has 0 saturated carbocycles. The maximum atomic E-state index is 5.74. The number of unbranched alkanes of at least 4 members (excludes halogenated alkanes) is 1. The number of nitrogens with two attached hydrogens (primary N) is 1. The van der Waals surface area contributed by atoms with Crippen LogP contribution in [-0.2, 0) is 0 Å². The molecule has 0 fully saturated rings. The van der Waals surface area contributed by atoms with Gasteiger partial charge in [-0.2, -0.15) is 0 Å². The second kappa shape index (κ2) is 6.48. The normalized spacial score (nSPS) is 10.1. The molecule has 0 aliphatic carbocycles. The fourth-order valence-corrected chi connectivity index (χ4v) is 1.93. The lowest BCUT2D eigenvalue weighted by Crippen LogP contribution is -2.26. The van der Waals surface area contributed by atoms with E-state index in [1.165, 1.54) is 12.8 Å². The molecular formula is C13H20N2S. The van der Waals surface area contributed by atoms with Gasteiger partial charge < -0.3 is 10.6 Å². The Morgan fingerprint density at radius 2 is 2.00 bits per heavy atom. The summed E-state index contributed by atoms with van der Waals surface area (Å²) in [5.74, 6) is 0. The lowest BCUT2D eigenvalue weighted by molar-refractivity contribution is 0.732. The highest BCUT2D eigenvalue weighted by Crippen LogP contribution is 2.20. The van der Waals surface area contributed by atoms with Gasteiger partial charge in [0.1, 0.15) is 4.99 Å². The molecule has 0 atom stereocenters. The van der Waals surface area contributed by atoms with Gasteiger partial charge >= 0.3 is 0 Å². The number of rotatable bonds is 6. The van der Waals surface area contributed by atoms with E-state index >= 15 is 0 Å². The largest absolute Gasteiger partial charge is 0.389 e. The van der Waals surface area contributed by atoms with E-state index in [0.717, 1.165) is 24.3 Å². The van der Waals surface area contributed by atoms with Crippen LogP contribution in [0.15, 0.2) is 24.3 Å². The molecule has 0 spiro atoms. The van der Waals surface area contributed by atoms with E-state index < -0.39 is 0 Å². The molecule has 0 aromatic heterocycles. The molecule has 16 heavy (non-hydrogen) atoms. The fourth-order valence-electron chi connectivity index (χ4n) is 1.76. The average Bonchev–Trinajstić information content (AvgIpc) is 2.30. The van der Waals surface area contributed by atoms with Gasteiger partial charge in [0.2, 0.25) is 0 Å². The van der Waals surface area contributed by atoms with Crippen molar-refractivity contribution in [3.05, 3.63) is 29.8 Å². The Bertz CT molecular complexity index is 350. The first-order chi connectivity index (χ1) is 7.70. The summed E-state index contributed by atoms with van der Waals surface area (Å²) in [5, 5.41) is 0. The Morgan fingerprint density at radius 1 is 1.31 bits per heavy atom. The summed E-state index contributed by atoms with van der Waals surface area (Å²) in [7, 11) is 0. The molecular weight excluding hydrogens is 216 g/mol. The highest BCUT2D eigenvalue weighted by atomic mass is 32.1. The summed E-state index contributed by atoms with van der Waals surface area (Å²) >= 11 is 5.08. The summed E-state index contributed by atoms with van der Waals surface area (Å²) in [6.45, 7) is 6.41.